The van der Waals surface area contributed by atoms with Crippen molar-refractivity contribution < 1.29 is 14.6 Å². The molecule has 0 aromatic rings. The van der Waals surface area contributed by atoms with E-state index >= 15 is 0 Å². The fourth-order valence-electron chi connectivity index (χ4n) is 0.417. The van der Waals surface area contributed by atoms with E-state index in [0.29, 0.717) is 0 Å². The Bertz CT molecular complexity index is 134. The second-order valence-electron chi connectivity index (χ2n) is 2.95. The van der Waals surface area contributed by atoms with Crippen LogP contribution < -0.4 is 5.73 Å². The molecule has 0 spiro atoms. The minimum Gasteiger partial charge on any atom is -0.463 e. The fraction of sp³-hybridized carbons (Fsp3) is 0.857. The molecule has 11 heavy (non-hydrogen) atoms. The molecule has 0 aliphatic rings. The number of aliphatic hydroxyl groups excluding tert-OH is 1. The van der Waals surface area contributed by atoms with Crippen molar-refractivity contribution in [2.45, 2.75) is 13.8 Å². The Morgan fingerprint density at radius 3 is 2.55 bits per heavy atom. The molecule has 0 saturated carbocycles. The van der Waals surface area contributed by atoms with Gasteiger partial charge < -0.3 is 15.6 Å². The van der Waals surface area contributed by atoms with Gasteiger partial charge in [0.25, 0.3) is 0 Å². The highest BCUT2D eigenvalue weighted by atomic mass is 16.5. The second kappa shape index (κ2) is 4.31. The monoisotopic (exact) mass is 161 g/mol. The summed E-state index contributed by atoms with van der Waals surface area (Å²) < 4.78 is 4.68. The molecule has 0 aliphatic carbocycles. The lowest BCUT2D eigenvalue weighted by molar-refractivity contribution is -0.154. The van der Waals surface area contributed by atoms with Crippen LogP contribution in [-0.4, -0.2) is 30.8 Å². The Hall–Kier alpha value is -0.610. The van der Waals surface area contributed by atoms with Gasteiger partial charge in [-0.25, -0.2) is 0 Å². The van der Waals surface area contributed by atoms with Gasteiger partial charge in [-0.1, -0.05) is 0 Å². The quantitative estimate of drug-likeness (QED) is 0.545. The number of ether oxygens (including phenoxy) is 1. The Morgan fingerprint density at radius 1 is 1.64 bits per heavy atom. The van der Waals surface area contributed by atoms with Crippen LogP contribution in [0.4, 0.5) is 0 Å². The van der Waals surface area contributed by atoms with Crippen LogP contribution in [-0.2, 0) is 9.53 Å². The molecule has 66 valence electrons. The summed E-state index contributed by atoms with van der Waals surface area (Å²) >= 11 is 0. The van der Waals surface area contributed by atoms with Gasteiger partial charge in [-0.15, -0.1) is 0 Å². The Balaban J connectivity index is 3.82. The zero-order chi connectivity index (χ0) is 8.91. The number of rotatable bonds is 4. The topological polar surface area (TPSA) is 72.6 Å². The highest BCUT2D eigenvalue weighted by molar-refractivity contribution is 5.76. The van der Waals surface area contributed by atoms with Crippen LogP contribution in [0, 0.1) is 5.41 Å². The smallest absolute Gasteiger partial charge is 0.312 e. The minimum absolute atomic E-state index is 0.0439. The maximum Gasteiger partial charge on any atom is 0.312 e. The molecule has 0 aliphatic heterocycles. The van der Waals surface area contributed by atoms with Crippen molar-refractivity contribution in [2.75, 3.05) is 19.8 Å². The van der Waals surface area contributed by atoms with Crippen LogP contribution in [0.25, 0.3) is 0 Å². The van der Waals surface area contributed by atoms with Gasteiger partial charge in [0.15, 0.2) is 0 Å². The van der Waals surface area contributed by atoms with Crippen LogP contribution in [0.5, 0.6) is 0 Å². The maximum atomic E-state index is 11.0. The molecule has 0 amide bonds. The van der Waals surface area contributed by atoms with Gasteiger partial charge in [0.05, 0.1) is 12.0 Å². The van der Waals surface area contributed by atoms with E-state index in [-0.39, 0.29) is 25.7 Å². The average molecular weight is 161 g/mol. The molecule has 0 atom stereocenters. The van der Waals surface area contributed by atoms with E-state index in [0.717, 1.165) is 0 Å². The van der Waals surface area contributed by atoms with Crippen molar-refractivity contribution in [3.8, 4) is 0 Å². The molecule has 0 heterocycles. The van der Waals surface area contributed by atoms with E-state index < -0.39 is 5.41 Å². The summed E-state index contributed by atoms with van der Waals surface area (Å²) in [6, 6.07) is 0. The summed E-state index contributed by atoms with van der Waals surface area (Å²) in [6.07, 6.45) is 0. The highest BCUT2D eigenvalue weighted by Gasteiger charge is 2.27. The third-order valence-corrected chi connectivity index (χ3v) is 1.39. The van der Waals surface area contributed by atoms with Gasteiger partial charge in [-0.2, -0.15) is 0 Å². The molecule has 0 saturated heterocycles. The van der Waals surface area contributed by atoms with Crippen LogP contribution >= 0.6 is 0 Å². The van der Waals surface area contributed by atoms with Gasteiger partial charge in [0.1, 0.15) is 6.61 Å². The summed E-state index contributed by atoms with van der Waals surface area (Å²) in [7, 11) is 0. The maximum absolute atomic E-state index is 11.0. The third kappa shape index (κ3) is 3.34. The van der Waals surface area contributed by atoms with E-state index in [1.807, 2.05) is 0 Å². The van der Waals surface area contributed by atoms with E-state index in [1.165, 1.54) is 0 Å². The number of nitrogens with two attached hydrogens (primary N) is 1. The minimum atomic E-state index is -0.644. The first-order valence-electron chi connectivity index (χ1n) is 3.52. The van der Waals surface area contributed by atoms with Crippen molar-refractivity contribution in [3.05, 3.63) is 0 Å². The van der Waals surface area contributed by atoms with E-state index in [9.17, 15) is 4.79 Å². The number of carbonyl (C=O) groups excluding carboxylic acids is 1. The van der Waals surface area contributed by atoms with Gasteiger partial charge in [0, 0.05) is 6.54 Å². The molecule has 0 unspecified atom stereocenters. The summed E-state index contributed by atoms with van der Waals surface area (Å²) in [6.45, 7) is 3.55. The molecule has 0 fully saturated rings. The van der Waals surface area contributed by atoms with Crippen molar-refractivity contribution in [2.24, 2.45) is 11.1 Å². The van der Waals surface area contributed by atoms with Crippen molar-refractivity contribution in [1.29, 1.82) is 0 Å². The number of esters is 1. The molecule has 3 N–H and O–H groups in total. The van der Waals surface area contributed by atoms with Crippen LogP contribution in [0.1, 0.15) is 13.8 Å². The Morgan fingerprint density at radius 2 is 2.18 bits per heavy atom. The predicted molar refractivity (Wildman–Crippen MR) is 40.9 cm³/mol. The normalized spacial score (nSPS) is 11.3. The molecule has 0 radical (unpaired) electrons. The summed E-state index contributed by atoms with van der Waals surface area (Å²) in [5, 5.41) is 8.35. The lowest BCUT2D eigenvalue weighted by Gasteiger charge is -2.19. The first-order valence-corrected chi connectivity index (χ1v) is 3.52. The Labute approximate surface area is 66.3 Å². The molecular formula is C7H15NO3. The van der Waals surface area contributed by atoms with Gasteiger partial charge in [-0.05, 0) is 13.8 Å². The van der Waals surface area contributed by atoms with Gasteiger partial charge in [-0.3, -0.25) is 4.79 Å². The zero-order valence-electron chi connectivity index (χ0n) is 6.96. The van der Waals surface area contributed by atoms with E-state index in [2.05, 4.69) is 4.74 Å². The lowest BCUT2D eigenvalue weighted by atomic mass is 9.94. The van der Waals surface area contributed by atoms with Crippen LogP contribution in [0.15, 0.2) is 0 Å². The highest BCUT2D eigenvalue weighted by Crippen LogP contribution is 2.14. The van der Waals surface area contributed by atoms with Crippen molar-refractivity contribution in [3.63, 3.8) is 0 Å². The fourth-order valence-corrected chi connectivity index (χ4v) is 0.417. The standard InChI is InChI=1S/C7H15NO3/c1-7(2,5-8)6(10)11-4-3-9/h9H,3-5,8H2,1-2H3. The number of hydrogen-bond donors (Lipinski definition) is 2. The first kappa shape index (κ1) is 10.4. The average Bonchev–Trinajstić information content (AvgIpc) is 2.00. The number of aliphatic hydroxyl groups is 1. The van der Waals surface area contributed by atoms with Gasteiger partial charge >= 0.3 is 5.97 Å². The summed E-state index contributed by atoms with van der Waals surface area (Å²) in [4.78, 5) is 11.0. The lowest BCUT2D eigenvalue weighted by Crippen LogP contribution is -2.34. The largest absolute Gasteiger partial charge is 0.463 e. The number of carbonyl (C=O) groups is 1. The zero-order valence-corrected chi connectivity index (χ0v) is 6.96. The van der Waals surface area contributed by atoms with Crippen molar-refractivity contribution >= 4 is 5.97 Å². The third-order valence-electron chi connectivity index (χ3n) is 1.39. The van der Waals surface area contributed by atoms with Crippen LogP contribution in [0.3, 0.4) is 0 Å². The summed E-state index contributed by atoms with van der Waals surface area (Å²) in [5.41, 5.74) is 4.67. The SMILES string of the molecule is CC(C)(CN)C(=O)OCCO. The van der Waals surface area contributed by atoms with Crippen molar-refractivity contribution in [1.82, 2.24) is 0 Å². The Kier molecular flexibility index (Phi) is 4.07. The number of hydrogen-bond acceptors (Lipinski definition) is 4. The van der Waals surface area contributed by atoms with E-state index in [1.54, 1.807) is 13.8 Å². The molecular weight excluding hydrogens is 146 g/mol. The van der Waals surface area contributed by atoms with Crippen LogP contribution in [0.2, 0.25) is 0 Å². The van der Waals surface area contributed by atoms with Gasteiger partial charge in [0.2, 0.25) is 0 Å². The molecule has 0 rings (SSSR count). The molecule has 4 heteroatoms. The second-order valence-corrected chi connectivity index (χ2v) is 2.95. The molecule has 4 nitrogen and oxygen atoms in total. The predicted octanol–water partition coefficient (Wildman–Crippen LogP) is -0.493. The first-order chi connectivity index (χ1) is 5.04. The van der Waals surface area contributed by atoms with E-state index in [4.69, 9.17) is 10.8 Å². The molecule has 0 aromatic heterocycles. The summed E-state index contributed by atoms with van der Waals surface area (Å²) in [5.74, 6) is -0.367. The molecule has 0 bridgehead atoms. The molecule has 0 aromatic carbocycles.